The lowest BCUT2D eigenvalue weighted by molar-refractivity contribution is 0.0982. The molecule has 0 aliphatic heterocycles. The van der Waals surface area contributed by atoms with Crippen LogP contribution in [0.2, 0.25) is 0 Å². The van der Waals surface area contributed by atoms with Crippen molar-refractivity contribution in [3.63, 3.8) is 0 Å². The van der Waals surface area contributed by atoms with E-state index >= 15 is 0 Å². The van der Waals surface area contributed by atoms with Crippen molar-refractivity contribution in [2.45, 2.75) is 33.6 Å². The van der Waals surface area contributed by atoms with Gasteiger partial charge in [-0.05, 0) is 37.1 Å². The van der Waals surface area contributed by atoms with Gasteiger partial charge in [-0.25, -0.2) is 4.68 Å². The Morgan fingerprint density at radius 2 is 2.05 bits per heavy atom. The monoisotopic (exact) mass is 321 g/mol. The van der Waals surface area contributed by atoms with Gasteiger partial charge in [-0.2, -0.15) is 0 Å². The number of benzene rings is 1. The number of rotatable bonds is 4. The average Bonchev–Trinajstić information content (AvgIpc) is 2.80. The van der Waals surface area contributed by atoms with E-state index in [1.54, 1.807) is 4.68 Å². The van der Waals surface area contributed by atoms with Crippen LogP contribution in [0.5, 0.6) is 0 Å². The van der Waals surface area contributed by atoms with Crippen LogP contribution in [-0.2, 0) is 6.42 Å². The predicted octanol–water partition coefficient (Wildman–Crippen LogP) is 3.49. The van der Waals surface area contributed by atoms with Crippen molar-refractivity contribution in [3.8, 4) is 5.69 Å². The summed E-state index contributed by atoms with van der Waals surface area (Å²) in [6, 6.07) is 6.03. The number of halogens is 1. The summed E-state index contributed by atoms with van der Waals surface area (Å²) in [6.07, 6.45) is 1.17. The Bertz CT molecular complexity index is 599. The van der Waals surface area contributed by atoms with Gasteiger partial charge in [0.1, 0.15) is 0 Å². The molecule has 0 radical (unpaired) electrons. The maximum Gasteiger partial charge on any atom is 0.184 e. The molecular formula is C14H16BrN3O. The maximum absolute atomic E-state index is 11.8. The molecule has 19 heavy (non-hydrogen) atoms. The van der Waals surface area contributed by atoms with E-state index in [4.69, 9.17) is 0 Å². The molecule has 0 N–H and O–H groups in total. The van der Waals surface area contributed by atoms with Crippen LogP contribution >= 0.6 is 15.9 Å². The first-order chi connectivity index (χ1) is 9.06. The fraction of sp³-hybridized carbons (Fsp3) is 0.357. The summed E-state index contributed by atoms with van der Waals surface area (Å²) in [5, 5.41) is 8.18. The lowest BCUT2D eigenvalue weighted by Crippen LogP contribution is -2.06. The van der Waals surface area contributed by atoms with Gasteiger partial charge >= 0.3 is 0 Å². The highest BCUT2D eigenvalue weighted by Gasteiger charge is 2.17. The fourth-order valence-electron chi connectivity index (χ4n) is 2.05. The molecule has 5 heteroatoms. The van der Waals surface area contributed by atoms with Crippen molar-refractivity contribution < 1.29 is 4.79 Å². The molecule has 1 heterocycles. The summed E-state index contributed by atoms with van der Waals surface area (Å²) < 4.78 is 2.74. The zero-order valence-electron chi connectivity index (χ0n) is 11.3. The summed E-state index contributed by atoms with van der Waals surface area (Å²) in [7, 11) is 0. The van der Waals surface area contributed by atoms with Crippen molar-refractivity contribution >= 4 is 21.7 Å². The number of carbonyl (C=O) groups is 1. The topological polar surface area (TPSA) is 47.8 Å². The molecule has 0 aliphatic rings. The van der Waals surface area contributed by atoms with Crippen LogP contribution < -0.4 is 0 Å². The Hall–Kier alpha value is -1.49. The van der Waals surface area contributed by atoms with Gasteiger partial charge in [0, 0.05) is 10.9 Å². The minimum atomic E-state index is 0.0369. The molecular weight excluding hydrogens is 306 g/mol. The van der Waals surface area contributed by atoms with Gasteiger partial charge in [0.25, 0.3) is 0 Å². The molecule has 4 nitrogen and oxygen atoms in total. The largest absolute Gasteiger partial charge is 0.292 e. The lowest BCUT2D eigenvalue weighted by Gasteiger charge is -2.07. The molecule has 1 aromatic carbocycles. The molecule has 1 aromatic heterocycles. The van der Waals surface area contributed by atoms with Crippen LogP contribution in [0.1, 0.15) is 42.0 Å². The van der Waals surface area contributed by atoms with Gasteiger partial charge in [0.05, 0.1) is 11.4 Å². The Kier molecular flexibility index (Phi) is 4.14. The van der Waals surface area contributed by atoms with E-state index in [1.165, 1.54) is 0 Å². The summed E-state index contributed by atoms with van der Waals surface area (Å²) >= 11 is 3.48. The average molecular weight is 322 g/mol. The molecule has 0 spiro atoms. The standard InChI is InChI=1S/C14H16BrN3O/c1-4-12-14(13(19)5-2)16-17-18(12)11-7-9(3)6-10(15)8-11/h6-8H,4-5H2,1-3H3. The van der Waals surface area contributed by atoms with E-state index in [9.17, 15) is 4.79 Å². The lowest BCUT2D eigenvalue weighted by atomic mass is 10.1. The van der Waals surface area contributed by atoms with Crippen LogP contribution in [0.25, 0.3) is 5.69 Å². The van der Waals surface area contributed by atoms with Crippen LogP contribution in [0, 0.1) is 6.92 Å². The van der Waals surface area contributed by atoms with E-state index in [0.717, 1.165) is 27.8 Å². The second-order valence-corrected chi connectivity index (χ2v) is 5.33. The van der Waals surface area contributed by atoms with E-state index in [2.05, 4.69) is 26.2 Å². The van der Waals surface area contributed by atoms with Gasteiger partial charge in [-0.3, -0.25) is 4.79 Å². The number of carbonyl (C=O) groups excluding carboxylic acids is 1. The Labute approximate surface area is 121 Å². The summed E-state index contributed by atoms with van der Waals surface area (Å²) in [5.41, 5.74) is 3.41. The summed E-state index contributed by atoms with van der Waals surface area (Å²) in [5.74, 6) is 0.0369. The second-order valence-electron chi connectivity index (χ2n) is 4.41. The van der Waals surface area contributed by atoms with Crippen molar-refractivity contribution in [2.75, 3.05) is 0 Å². The highest BCUT2D eigenvalue weighted by molar-refractivity contribution is 9.10. The SMILES string of the molecule is CCC(=O)c1nnn(-c2cc(C)cc(Br)c2)c1CC. The molecule has 0 saturated carbocycles. The van der Waals surface area contributed by atoms with Crippen LogP contribution in [0.3, 0.4) is 0 Å². The Morgan fingerprint density at radius 3 is 2.63 bits per heavy atom. The quantitative estimate of drug-likeness (QED) is 0.810. The van der Waals surface area contributed by atoms with Gasteiger partial charge in [-0.15, -0.1) is 5.10 Å². The van der Waals surface area contributed by atoms with Crippen LogP contribution in [0.15, 0.2) is 22.7 Å². The Balaban J connectivity index is 2.56. The van der Waals surface area contributed by atoms with Crippen LogP contribution in [-0.4, -0.2) is 20.8 Å². The van der Waals surface area contributed by atoms with Gasteiger partial charge in [0.15, 0.2) is 11.5 Å². The number of hydrogen-bond donors (Lipinski definition) is 0. The van der Waals surface area contributed by atoms with E-state index < -0.39 is 0 Å². The summed E-state index contributed by atoms with van der Waals surface area (Å²) in [6.45, 7) is 5.87. The highest BCUT2D eigenvalue weighted by atomic mass is 79.9. The second kappa shape index (κ2) is 5.65. The van der Waals surface area contributed by atoms with Gasteiger partial charge < -0.3 is 0 Å². The molecule has 0 amide bonds. The van der Waals surface area contributed by atoms with Crippen LogP contribution in [0.4, 0.5) is 0 Å². The number of aryl methyl sites for hydroxylation is 1. The molecule has 0 bridgehead atoms. The number of Topliss-reactive ketones (excluding diaryl/α,β-unsaturated/α-hetero) is 1. The van der Waals surface area contributed by atoms with Crippen molar-refractivity contribution in [1.82, 2.24) is 15.0 Å². The first kappa shape index (κ1) is 13.9. The van der Waals surface area contributed by atoms with E-state index in [-0.39, 0.29) is 5.78 Å². The molecule has 0 aliphatic carbocycles. The maximum atomic E-state index is 11.8. The first-order valence-electron chi connectivity index (χ1n) is 6.32. The minimum absolute atomic E-state index is 0.0369. The molecule has 2 rings (SSSR count). The zero-order valence-corrected chi connectivity index (χ0v) is 12.9. The third kappa shape index (κ3) is 2.76. The third-order valence-electron chi connectivity index (χ3n) is 2.95. The number of hydrogen-bond acceptors (Lipinski definition) is 3. The smallest absolute Gasteiger partial charge is 0.184 e. The van der Waals surface area contributed by atoms with Crippen molar-refractivity contribution in [2.24, 2.45) is 0 Å². The molecule has 100 valence electrons. The predicted molar refractivity (Wildman–Crippen MR) is 77.8 cm³/mol. The van der Waals surface area contributed by atoms with E-state index in [1.807, 2.05) is 39.0 Å². The summed E-state index contributed by atoms with van der Waals surface area (Å²) in [4.78, 5) is 11.8. The molecule has 0 saturated heterocycles. The van der Waals surface area contributed by atoms with Crippen molar-refractivity contribution in [1.29, 1.82) is 0 Å². The number of nitrogens with zero attached hydrogens (tertiary/aromatic N) is 3. The minimum Gasteiger partial charge on any atom is -0.292 e. The number of ketones is 1. The molecule has 0 unspecified atom stereocenters. The van der Waals surface area contributed by atoms with Gasteiger partial charge in [-0.1, -0.05) is 35.0 Å². The highest BCUT2D eigenvalue weighted by Crippen LogP contribution is 2.21. The molecule has 0 atom stereocenters. The molecule has 2 aromatic rings. The van der Waals surface area contributed by atoms with Gasteiger partial charge in [0.2, 0.25) is 0 Å². The van der Waals surface area contributed by atoms with Crippen molar-refractivity contribution in [3.05, 3.63) is 39.6 Å². The Morgan fingerprint density at radius 1 is 1.32 bits per heavy atom. The normalized spacial score (nSPS) is 10.7. The fourth-order valence-corrected chi connectivity index (χ4v) is 2.65. The first-order valence-corrected chi connectivity index (χ1v) is 7.11. The zero-order chi connectivity index (χ0) is 14.0. The third-order valence-corrected chi connectivity index (χ3v) is 3.41. The number of aromatic nitrogens is 3. The molecule has 0 fully saturated rings. The van der Waals surface area contributed by atoms with E-state index in [0.29, 0.717) is 12.1 Å².